The van der Waals surface area contributed by atoms with Gasteiger partial charge in [0.25, 0.3) is 0 Å². The lowest BCUT2D eigenvalue weighted by molar-refractivity contribution is -0.805. The number of unbranched alkanes of at least 4 members (excludes halogenated alkanes) is 14. The van der Waals surface area contributed by atoms with Crippen LogP contribution in [0.1, 0.15) is 123 Å². The van der Waals surface area contributed by atoms with E-state index in [2.05, 4.69) is 24.1 Å². The zero-order valence-corrected chi connectivity index (χ0v) is 20.9. The van der Waals surface area contributed by atoms with Crippen molar-refractivity contribution in [1.29, 1.82) is 0 Å². The Morgan fingerprint density at radius 3 is 1.94 bits per heavy atom. The summed E-state index contributed by atoms with van der Waals surface area (Å²) in [7, 11) is 0. The van der Waals surface area contributed by atoms with Crippen molar-refractivity contribution in [2.24, 2.45) is 10.7 Å². The average molecular weight is 449 g/mol. The first-order valence-electron chi connectivity index (χ1n) is 13.3. The number of hydrogen-bond donors (Lipinski definition) is 2. The molecule has 2 atom stereocenters. The molecule has 2 unspecified atom stereocenters. The van der Waals surface area contributed by atoms with Gasteiger partial charge in [-0.25, -0.2) is 14.3 Å². The zero-order chi connectivity index (χ0) is 23.5. The number of carboxylic acids is 1. The summed E-state index contributed by atoms with van der Waals surface area (Å²) in [5.74, 6) is 0.0462. The van der Waals surface area contributed by atoms with Crippen LogP contribution in [0.2, 0.25) is 0 Å². The summed E-state index contributed by atoms with van der Waals surface area (Å²) in [5.41, 5.74) is 6.11. The molecular formula is C27H50N3O2+. The molecule has 32 heavy (non-hydrogen) atoms. The molecule has 1 aliphatic heterocycles. The fraction of sp³-hybridized carbons (Fsp3) is 0.778. The monoisotopic (exact) mass is 448 g/mol. The smallest absolute Gasteiger partial charge is 0.360 e. The third kappa shape index (κ3) is 12.0. The summed E-state index contributed by atoms with van der Waals surface area (Å²) in [5, 5.41) is 9.27. The van der Waals surface area contributed by atoms with Crippen LogP contribution >= 0.6 is 0 Å². The van der Waals surface area contributed by atoms with Crippen LogP contribution < -0.4 is 5.73 Å². The van der Waals surface area contributed by atoms with Gasteiger partial charge in [-0.15, -0.1) is 0 Å². The molecule has 1 aliphatic rings. The fourth-order valence-electron chi connectivity index (χ4n) is 4.47. The molecule has 5 nitrogen and oxygen atoms in total. The highest BCUT2D eigenvalue weighted by molar-refractivity contribution is 5.81. The summed E-state index contributed by atoms with van der Waals surface area (Å²) in [6.07, 6.45) is 29.8. The number of nitrogens with zero attached hydrogens (tertiary/aromatic N) is 2. The normalized spacial score (nSPS) is 19.0. The highest BCUT2D eigenvalue weighted by Crippen LogP contribution is 2.23. The molecule has 0 aliphatic carbocycles. The van der Waals surface area contributed by atoms with Crippen LogP contribution in [0.4, 0.5) is 0 Å². The van der Waals surface area contributed by atoms with Gasteiger partial charge in [-0.05, 0) is 32.1 Å². The van der Waals surface area contributed by atoms with E-state index in [1.807, 2.05) is 13.1 Å². The van der Waals surface area contributed by atoms with Crippen LogP contribution in [0.5, 0.6) is 0 Å². The maximum atomic E-state index is 11.3. The van der Waals surface area contributed by atoms with E-state index in [4.69, 9.17) is 5.73 Å². The number of carboxylic acid groups (broad SMARTS) is 1. The van der Waals surface area contributed by atoms with Crippen LogP contribution in [0.25, 0.3) is 0 Å². The van der Waals surface area contributed by atoms with E-state index in [9.17, 15) is 9.90 Å². The van der Waals surface area contributed by atoms with E-state index in [0.29, 0.717) is 0 Å². The van der Waals surface area contributed by atoms with Gasteiger partial charge in [-0.3, -0.25) is 5.73 Å². The summed E-state index contributed by atoms with van der Waals surface area (Å²) in [4.78, 5) is 15.7. The van der Waals surface area contributed by atoms with Crippen molar-refractivity contribution < 1.29 is 14.4 Å². The average Bonchev–Trinajstić information content (AvgIpc) is 3.16. The van der Waals surface area contributed by atoms with Crippen LogP contribution in [0.3, 0.4) is 0 Å². The molecule has 1 rings (SSSR count). The third-order valence-corrected chi connectivity index (χ3v) is 6.57. The Morgan fingerprint density at radius 1 is 0.938 bits per heavy atom. The van der Waals surface area contributed by atoms with Gasteiger partial charge in [0.2, 0.25) is 5.84 Å². The Bertz CT molecular complexity index is 583. The number of aliphatic imine (C=N–C) groups is 1. The molecule has 0 saturated heterocycles. The zero-order valence-electron chi connectivity index (χ0n) is 20.9. The Hall–Kier alpha value is -1.46. The number of amidine groups is 1. The lowest BCUT2D eigenvalue weighted by atomic mass is 10.1. The fourth-order valence-corrected chi connectivity index (χ4v) is 4.47. The van der Waals surface area contributed by atoms with Crippen LogP contribution in [-0.2, 0) is 4.79 Å². The molecule has 184 valence electrons. The quantitative estimate of drug-likeness (QED) is 0.110. The van der Waals surface area contributed by atoms with Gasteiger partial charge in [-0.1, -0.05) is 89.7 Å². The van der Waals surface area contributed by atoms with Crippen molar-refractivity contribution in [3.05, 3.63) is 24.6 Å². The van der Waals surface area contributed by atoms with E-state index >= 15 is 0 Å². The molecule has 5 heteroatoms. The highest BCUT2D eigenvalue weighted by atomic mass is 16.4. The standard InChI is InChI=1S/C27H49N3O2/c1-3-4-5-6-7-8-9-10-11-12-13-14-15-16-17-18-19-20-21-26-29-22-23-30(26,25(2)28)24-27(31)32/h14-15,22-23,25H,3-13,16-21,24,28H2,1-2H3/p+1/b15-14+. The van der Waals surface area contributed by atoms with Crippen molar-refractivity contribution in [3.8, 4) is 0 Å². The van der Waals surface area contributed by atoms with Crippen molar-refractivity contribution in [1.82, 2.24) is 0 Å². The molecule has 0 spiro atoms. The number of hydrogen-bond acceptors (Lipinski definition) is 3. The second-order valence-corrected chi connectivity index (χ2v) is 9.46. The SMILES string of the molecule is CCCCCCCCCCCC/C=C/CCCCCCC1=NC=C[N+]1(CC(=O)O)C(C)N. The largest absolute Gasteiger partial charge is 0.477 e. The molecule has 1 heterocycles. The number of quaternary nitrogens is 1. The first kappa shape index (κ1) is 28.6. The number of rotatable bonds is 21. The molecule has 0 radical (unpaired) electrons. The second-order valence-electron chi connectivity index (χ2n) is 9.46. The lowest BCUT2D eigenvalue weighted by Crippen LogP contribution is -2.59. The number of nitrogens with two attached hydrogens (primary N) is 1. The van der Waals surface area contributed by atoms with E-state index < -0.39 is 5.97 Å². The van der Waals surface area contributed by atoms with Crippen molar-refractivity contribution in [2.45, 2.75) is 129 Å². The summed E-state index contributed by atoms with van der Waals surface area (Å²) in [6.45, 7) is 4.10. The predicted octanol–water partition coefficient (Wildman–Crippen LogP) is 7.28. The maximum Gasteiger partial charge on any atom is 0.360 e. The number of aliphatic carboxylic acids is 1. The molecule has 0 bridgehead atoms. The van der Waals surface area contributed by atoms with Gasteiger partial charge in [0.15, 0.2) is 6.54 Å². The minimum absolute atomic E-state index is 0.0309. The first-order chi connectivity index (χ1) is 15.5. The molecule has 3 N–H and O–H groups in total. The Labute approximate surface area is 197 Å². The molecule has 0 fully saturated rings. The minimum Gasteiger partial charge on any atom is -0.477 e. The van der Waals surface area contributed by atoms with Gasteiger partial charge in [0.1, 0.15) is 12.4 Å². The van der Waals surface area contributed by atoms with Crippen molar-refractivity contribution in [2.75, 3.05) is 6.54 Å². The predicted molar refractivity (Wildman–Crippen MR) is 136 cm³/mol. The van der Waals surface area contributed by atoms with E-state index in [1.54, 1.807) is 6.20 Å². The second kappa shape index (κ2) is 18.0. The van der Waals surface area contributed by atoms with Crippen molar-refractivity contribution in [3.63, 3.8) is 0 Å². The number of carbonyl (C=O) groups is 1. The molecule has 0 saturated carbocycles. The molecule has 0 aromatic rings. The molecular weight excluding hydrogens is 398 g/mol. The van der Waals surface area contributed by atoms with Gasteiger partial charge >= 0.3 is 5.97 Å². The maximum absolute atomic E-state index is 11.3. The molecule has 0 amide bonds. The van der Waals surface area contributed by atoms with Crippen LogP contribution in [-0.4, -0.2) is 34.1 Å². The summed E-state index contributed by atoms with van der Waals surface area (Å²) in [6, 6.07) is 0. The van der Waals surface area contributed by atoms with Gasteiger partial charge < -0.3 is 5.11 Å². The minimum atomic E-state index is -0.842. The Morgan fingerprint density at radius 2 is 1.44 bits per heavy atom. The van der Waals surface area contributed by atoms with Crippen LogP contribution in [0.15, 0.2) is 29.5 Å². The van der Waals surface area contributed by atoms with Crippen molar-refractivity contribution >= 4 is 11.8 Å². The van der Waals surface area contributed by atoms with Crippen LogP contribution in [0, 0.1) is 0 Å². The van der Waals surface area contributed by atoms with Gasteiger partial charge in [0.05, 0.1) is 6.20 Å². The number of allylic oxidation sites excluding steroid dienone is 2. The Kier molecular flexibility index (Phi) is 16.1. The summed E-state index contributed by atoms with van der Waals surface area (Å²) < 4.78 is 0.164. The molecule has 0 aromatic carbocycles. The first-order valence-corrected chi connectivity index (χ1v) is 13.3. The Balaban J connectivity index is 1.97. The molecule has 0 aromatic heterocycles. The van der Waals surface area contributed by atoms with E-state index in [0.717, 1.165) is 25.1 Å². The topological polar surface area (TPSA) is 75.7 Å². The third-order valence-electron chi connectivity index (χ3n) is 6.57. The van der Waals surface area contributed by atoms with Gasteiger partial charge in [-0.2, -0.15) is 0 Å². The lowest BCUT2D eigenvalue weighted by Gasteiger charge is -2.34. The van der Waals surface area contributed by atoms with E-state index in [1.165, 1.54) is 89.9 Å². The van der Waals surface area contributed by atoms with E-state index in [-0.39, 0.29) is 17.2 Å². The highest BCUT2D eigenvalue weighted by Gasteiger charge is 2.40. The van der Waals surface area contributed by atoms with Gasteiger partial charge in [0, 0.05) is 13.3 Å². The summed E-state index contributed by atoms with van der Waals surface area (Å²) >= 11 is 0.